The van der Waals surface area contributed by atoms with Crippen molar-refractivity contribution >= 4 is 27.5 Å². The molecule has 0 bridgehead atoms. The van der Waals surface area contributed by atoms with Gasteiger partial charge in [0.25, 0.3) is 0 Å². The molecule has 1 aromatic rings. The zero-order valence-electron chi connectivity index (χ0n) is 9.84. The Kier molecular flexibility index (Phi) is 7.81. The highest BCUT2D eigenvalue weighted by Gasteiger charge is 1.98. The third-order valence-corrected chi connectivity index (χ3v) is 3.40. The van der Waals surface area contributed by atoms with Gasteiger partial charge in [0.1, 0.15) is 0 Å². The van der Waals surface area contributed by atoms with Crippen molar-refractivity contribution in [2.75, 3.05) is 33.5 Å². The highest BCUT2D eigenvalue weighted by molar-refractivity contribution is 9.10. The van der Waals surface area contributed by atoms with Crippen LogP contribution in [0.1, 0.15) is 5.56 Å². The Bertz CT molecular complexity index is 336. The van der Waals surface area contributed by atoms with Gasteiger partial charge in [-0.2, -0.15) is 0 Å². The maximum atomic E-state index is 6.00. The first-order valence-electron chi connectivity index (χ1n) is 5.45. The van der Waals surface area contributed by atoms with Gasteiger partial charge in [0.15, 0.2) is 0 Å². The van der Waals surface area contributed by atoms with Gasteiger partial charge >= 0.3 is 0 Å². The molecule has 0 radical (unpaired) electrons. The molecule has 0 aliphatic rings. The molecule has 0 unspecified atom stereocenters. The SMILES string of the molecule is COCCOCCNCc1ccc(Br)c(Cl)c1. The van der Waals surface area contributed by atoms with Crippen LogP contribution in [0.25, 0.3) is 0 Å². The molecule has 0 atom stereocenters. The van der Waals surface area contributed by atoms with Crippen LogP contribution in [0.5, 0.6) is 0 Å². The molecular weight excluding hydrogens is 305 g/mol. The summed E-state index contributed by atoms with van der Waals surface area (Å²) in [5, 5.41) is 4.02. The van der Waals surface area contributed by atoms with Gasteiger partial charge < -0.3 is 14.8 Å². The maximum Gasteiger partial charge on any atom is 0.0700 e. The lowest BCUT2D eigenvalue weighted by Crippen LogP contribution is -2.20. The van der Waals surface area contributed by atoms with Crippen LogP contribution in [0.2, 0.25) is 5.02 Å². The first-order chi connectivity index (χ1) is 8.24. The number of rotatable bonds is 8. The van der Waals surface area contributed by atoms with Crippen LogP contribution in [0, 0.1) is 0 Å². The van der Waals surface area contributed by atoms with Gasteiger partial charge in [0.05, 0.1) is 24.8 Å². The van der Waals surface area contributed by atoms with Crippen LogP contribution in [0.3, 0.4) is 0 Å². The molecule has 0 heterocycles. The number of nitrogens with one attached hydrogen (secondary N) is 1. The predicted octanol–water partition coefficient (Wildman–Crippen LogP) is 2.86. The van der Waals surface area contributed by atoms with Crippen molar-refractivity contribution in [3.63, 3.8) is 0 Å². The lowest BCUT2D eigenvalue weighted by molar-refractivity contribution is 0.0719. The van der Waals surface area contributed by atoms with E-state index in [0.29, 0.717) is 19.8 Å². The number of methoxy groups -OCH3 is 1. The van der Waals surface area contributed by atoms with E-state index in [1.165, 1.54) is 0 Å². The average molecular weight is 323 g/mol. The highest BCUT2D eigenvalue weighted by atomic mass is 79.9. The molecule has 0 saturated heterocycles. The van der Waals surface area contributed by atoms with E-state index in [1.807, 2.05) is 18.2 Å². The topological polar surface area (TPSA) is 30.5 Å². The minimum Gasteiger partial charge on any atom is -0.382 e. The molecule has 0 fully saturated rings. The molecule has 1 rings (SSSR count). The first-order valence-corrected chi connectivity index (χ1v) is 6.62. The monoisotopic (exact) mass is 321 g/mol. The van der Waals surface area contributed by atoms with Gasteiger partial charge in [-0.3, -0.25) is 0 Å². The molecule has 0 aliphatic carbocycles. The van der Waals surface area contributed by atoms with Gasteiger partial charge in [-0.25, -0.2) is 0 Å². The fraction of sp³-hybridized carbons (Fsp3) is 0.500. The average Bonchev–Trinajstić information content (AvgIpc) is 2.32. The molecule has 0 spiro atoms. The first kappa shape index (κ1) is 14.9. The second-order valence-electron chi connectivity index (χ2n) is 3.53. The molecule has 17 heavy (non-hydrogen) atoms. The Morgan fingerprint density at radius 3 is 2.82 bits per heavy atom. The summed E-state index contributed by atoms with van der Waals surface area (Å²) in [6.07, 6.45) is 0. The molecular formula is C12H17BrClNO2. The van der Waals surface area contributed by atoms with Gasteiger partial charge in [-0.1, -0.05) is 17.7 Å². The van der Waals surface area contributed by atoms with Crippen LogP contribution in [-0.4, -0.2) is 33.5 Å². The van der Waals surface area contributed by atoms with Crippen LogP contribution in [0.15, 0.2) is 22.7 Å². The third kappa shape index (κ3) is 6.38. The lowest BCUT2D eigenvalue weighted by atomic mass is 10.2. The second-order valence-corrected chi connectivity index (χ2v) is 4.79. The Morgan fingerprint density at radius 2 is 2.12 bits per heavy atom. The standard InChI is InChI=1S/C12H17BrClNO2/c1-16-6-7-17-5-4-15-9-10-2-3-11(13)12(14)8-10/h2-3,8,15H,4-7,9H2,1H3. The van der Waals surface area contributed by atoms with E-state index in [9.17, 15) is 0 Å². The summed E-state index contributed by atoms with van der Waals surface area (Å²) in [6, 6.07) is 5.94. The van der Waals surface area contributed by atoms with Crippen molar-refractivity contribution in [1.29, 1.82) is 0 Å². The maximum absolute atomic E-state index is 6.00. The van der Waals surface area contributed by atoms with Crippen molar-refractivity contribution in [3.8, 4) is 0 Å². The van der Waals surface area contributed by atoms with Crippen molar-refractivity contribution < 1.29 is 9.47 Å². The van der Waals surface area contributed by atoms with Crippen molar-refractivity contribution in [2.24, 2.45) is 0 Å². The molecule has 0 saturated carbocycles. The van der Waals surface area contributed by atoms with Crippen molar-refractivity contribution in [1.82, 2.24) is 5.32 Å². The summed E-state index contributed by atoms with van der Waals surface area (Å²) >= 11 is 9.36. The normalized spacial score (nSPS) is 10.8. The zero-order valence-corrected chi connectivity index (χ0v) is 12.2. The van der Waals surface area contributed by atoms with E-state index in [2.05, 4.69) is 21.2 Å². The third-order valence-electron chi connectivity index (χ3n) is 2.17. The van der Waals surface area contributed by atoms with Gasteiger partial charge in [0.2, 0.25) is 0 Å². The van der Waals surface area contributed by atoms with Crippen LogP contribution < -0.4 is 5.32 Å². The molecule has 3 nitrogen and oxygen atoms in total. The summed E-state index contributed by atoms with van der Waals surface area (Å²) in [5.74, 6) is 0. The lowest BCUT2D eigenvalue weighted by Gasteiger charge is -2.07. The summed E-state index contributed by atoms with van der Waals surface area (Å²) in [4.78, 5) is 0. The molecule has 96 valence electrons. The Balaban J connectivity index is 2.11. The van der Waals surface area contributed by atoms with E-state index in [4.69, 9.17) is 21.1 Å². The fourth-order valence-corrected chi connectivity index (χ4v) is 1.72. The van der Waals surface area contributed by atoms with E-state index >= 15 is 0 Å². The fourth-order valence-electron chi connectivity index (χ4n) is 1.27. The van der Waals surface area contributed by atoms with Crippen molar-refractivity contribution in [3.05, 3.63) is 33.3 Å². The number of halogens is 2. The van der Waals surface area contributed by atoms with Crippen molar-refractivity contribution in [2.45, 2.75) is 6.54 Å². The van der Waals surface area contributed by atoms with E-state index < -0.39 is 0 Å². The van der Waals surface area contributed by atoms with E-state index in [1.54, 1.807) is 7.11 Å². The van der Waals surface area contributed by atoms with Crippen LogP contribution >= 0.6 is 27.5 Å². The molecule has 0 amide bonds. The highest BCUT2D eigenvalue weighted by Crippen LogP contribution is 2.22. The number of hydrogen-bond acceptors (Lipinski definition) is 3. The smallest absolute Gasteiger partial charge is 0.0700 e. The molecule has 5 heteroatoms. The minimum absolute atomic E-state index is 0.641. The summed E-state index contributed by atoms with van der Waals surface area (Å²) in [7, 11) is 1.67. The molecule has 1 N–H and O–H groups in total. The Labute approximate surface area is 116 Å². The summed E-state index contributed by atoms with van der Waals surface area (Å²) in [5.41, 5.74) is 1.16. The van der Waals surface area contributed by atoms with Gasteiger partial charge in [-0.15, -0.1) is 0 Å². The van der Waals surface area contributed by atoms with Gasteiger partial charge in [-0.05, 0) is 33.6 Å². The Hall–Kier alpha value is -0.130. The number of hydrogen-bond donors (Lipinski definition) is 1. The minimum atomic E-state index is 0.641. The van der Waals surface area contributed by atoms with E-state index in [-0.39, 0.29) is 0 Å². The van der Waals surface area contributed by atoms with Crippen LogP contribution in [-0.2, 0) is 16.0 Å². The predicted molar refractivity (Wildman–Crippen MR) is 73.6 cm³/mol. The second kappa shape index (κ2) is 8.89. The molecule has 0 aromatic heterocycles. The summed E-state index contributed by atoms with van der Waals surface area (Å²) in [6.45, 7) is 3.58. The molecule has 1 aromatic carbocycles. The largest absolute Gasteiger partial charge is 0.382 e. The quantitative estimate of drug-likeness (QED) is 0.747. The molecule has 0 aliphatic heterocycles. The summed E-state index contributed by atoms with van der Waals surface area (Å²) < 4.78 is 11.1. The number of ether oxygens (including phenoxy) is 2. The zero-order chi connectivity index (χ0) is 12.5. The number of benzene rings is 1. The van der Waals surface area contributed by atoms with E-state index in [0.717, 1.165) is 28.1 Å². The Morgan fingerprint density at radius 1 is 1.29 bits per heavy atom. The van der Waals surface area contributed by atoms with Crippen LogP contribution in [0.4, 0.5) is 0 Å². The van der Waals surface area contributed by atoms with Gasteiger partial charge in [0, 0.05) is 24.7 Å².